The molecule has 24 heavy (non-hydrogen) atoms. The lowest BCUT2D eigenvalue weighted by molar-refractivity contribution is 0.0234. The first-order valence-corrected chi connectivity index (χ1v) is 8.97. The Hall–Kier alpha value is -1.99. The van der Waals surface area contributed by atoms with Crippen molar-refractivity contribution in [2.45, 2.75) is 6.10 Å². The summed E-state index contributed by atoms with van der Waals surface area (Å²) in [5.74, 6) is -0.582. The highest BCUT2D eigenvalue weighted by Crippen LogP contribution is 2.32. The van der Waals surface area contributed by atoms with Gasteiger partial charge in [0.05, 0.1) is 28.9 Å². The fourth-order valence-corrected chi connectivity index (χ4v) is 3.77. The number of esters is 1. The monoisotopic (exact) mass is 406 g/mol. The van der Waals surface area contributed by atoms with E-state index in [2.05, 4.69) is 20.9 Å². The molecule has 0 radical (unpaired) electrons. The van der Waals surface area contributed by atoms with Gasteiger partial charge in [-0.1, -0.05) is 27.3 Å². The van der Waals surface area contributed by atoms with Crippen LogP contribution in [0.15, 0.2) is 46.9 Å². The molecule has 3 aromatic rings. The highest BCUT2D eigenvalue weighted by Gasteiger charge is 2.32. The van der Waals surface area contributed by atoms with Crippen molar-refractivity contribution in [3.8, 4) is 0 Å². The lowest BCUT2D eigenvalue weighted by Gasteiger charge is -2.38. The molecule has 122 valence electrons. The maximum absolute atomic E-state index is 13.2. The summed E-state index contributed by atoms with van der Waals surface area (Å²) in [5.41, 5.74) is 1.32. The fourth-order valence-electron chi connectivity index (χ4n) is 2.50. The van der Waals surface area contributed by atoms with Gasteiger partial charge in [0.1, 0.15) is 11.9 Å². The average molecular weight is 407 g/mol. The van der Waals surface area contributed by atoms with E-state index in [-0.39, 0.29) is 17.9 Å². The van der Waals surface area contributed by atoms with E-state index in [9.17, 15) is 9.18 Å². The van der Waals surface area contributed by atoms with Crippen molar-refractivity contribution in [2.24, 2.45) is 0 Å². The van der Waals surface area contributed by atoms with Crippen LogP contribution in [-0.4, -0.2) is 30.1 Å². The minimum atomic E-state index is -0.321. The maximum Gasteiger partial charge on any atom is 0.338 e. The third-order valence-electron chi connectivity index (χ3n) is 3.81. The van der Waals surface area contributed by atoms with Gasteiger partial charge in [-0.2, -0.15) is 0 Å². The molecule has 1 aliphatic heterocycles. The van der Waals surface area contributed by atoms with Crippen molar-refractivity contribution in [1.82, 2.24) is 4.98 Å². The van der Waals surface area contributed by atoms with Crippen molar-refractivity contribution in [3.63, 3.8) is 0 Å². The first-order chi connectivity index (χ1) is 11.6. The summed E-state index contributed by atoms with van der Waals surface area (Å²) < 4.78 is 20.5. The summed E-state index contributed by atoms with van der Waals surface area (Å²) in [4.78, 5) is 18.6. The molecule has 0 unspecified atom stereocenters. The molecule has 1 fully saturated rings. The summed E-state index contributed by atoms with van der Waals surface area (Å²) in [7, 11) is 0. The number of benzene rings is 2. The number of hydrogen-bond donors (Lipinski definition) is 0. The number of thiazole rings is 1. The highest BCUT2D eigenvalue weighted by molar-refractivity contribution is 9.10. The predicted octanol–water partition coefficient (Wildman–Crippen LogP) is 4.24. The zero-order chi connectivity index (χ0) is 16.7. The number of rotatable bonds is 3. The minimum Gasteiger partial charge on any atom is -0.455 e. The van der Waals surface area contributed by atoms with Crippen molar-refractivity contribution in [3.05, 3.63) is 58.3 Å². The molecule has 2 heterocycles. The number of hydrogen-bond acceptors (Lipinski definition) is 5. The normalized spacial score (nSPS) is 14.7. The second-order valence-corrected chi connectivity index (χ2v) is 7.47. The van der Waals surface area contributed by atoms with E-state index >= 15 is 0 Å². The van der Waals surface area contributed by atoms with Crippen LogP contribution in [0, 0.1) is 5.82 Å². The number of anilines is 1. The highest BCUT2D eigenvalue weighted by atomic mass is 79.9. The van der Waals surface area contributed by atoms with E-state index in [1.54, 1.807) is 18.2 Å². The number of ether oxygens (including phenoxy) is 1. The lowest BCUT2D eigenvalue weighted by Crippen LogP contribution is -2.53. The van der Waals surface area contributed by atoms with Gasteiger partial charge in [-0.25, -0.2) is 14.2 Å². The van der Waals surface area contributed by atoms with Crippen LogP contribution in [0.1, 0.15) is 10.4 Å². The average Bonchev–Trinajstić information content (AvgIpc) is 2.93. The Morgan fingerprint density at radius 3 is 2.75 bits per heavy atom. The number of fused-ring (bicyclic) bond motifs is 1. The van der Waals surface area contributed by atoms with Gasteiger partial charge in [-0.05, 0) is 42.5 Å². The Kier molecular flexibility index (Phi) is 3.97. The largest absolute Gasteiger partial charge is 0.455 e. The SMILES string of the molecule is O=C(OC1CN(c2nc3ccc(F)cc3s2)C1)c1ccc(Br)cc1. The summed E-state index contributed by atoms with van der Waals surface area (Å²) in [6.07, 6.45) is -0.148. The molecule has 0 aliphatic carbocycles. The molecule has 0 amide bonds. The van der Waals surface area contributed by atoms with Crippen molar-refractivity contribution in [1.29, 1.82) is 0 Å². The molecule has 0 atom stereocenters. The number of carbonyl (C=O) groups excluding carboxylic acids is 1. The summed E-state index contributed by atoms with van der Waals surface area (Å²) in [6, 6.07) is 11.6. The van der Waals surface area contributed by atoms with Crippen LogP contribution in [0.3, 0.4) is 0 Å². The second-order valence-electron chi connectivity index (χ2n) is 5.55. The first kappa shape index (κ1) is 15.5. The predicted molar refractivity (Wildman–Crippen MR) is 95.1 cm³/mol. The number of halogens is 2. The van der Waals surface area contributed by atoms with E-state index in [1.807, 2.05) is 17.0 Å². The molecule has 1 aliphatic rings. The Labute approximate surface area is 150 Å². The summed E-state index contributed by atoms with van der Waals surface area (Å²) in [6.45, 7) is 1.20. The molecule has 1 aromatic heterocycles. The zero-order valence-corrected chi connectivity index (χ0v) is 14.8. The number of nitrogens with zero attached hydrogens (tertiary/aromatic N) is 2. The third-order valence-corrected chi connectivity index (χ3v) is 5.42. The summed E-state index contributed by atoms with van der Waals surface area (Å²) >= 11 is 4.78. The molecule has 4 nitrogen and oxygen atoms in total. The van der Waals surface area contributed by atoms with Gasteiger partial charge in [0.15, 0.2) is 5.13 Å². The second kappa shape index (κ2) is 6.14. The van der Waals surface area contributed by atoms with Gasteiger partial charge in [0, 0.05) is 4.47 Å². The minimum absolute atomic E-state index is 0.148. The van der Waals surface area contributed by atoms with Crippen LogP contribution in [0.4, 0.5) is 9.52 Å². The molecular weight excluding hydrogens is 395 g/mol. The summed E-state index contributed by atoms with van der Waals surface area (Å²) in [5, 5.41) is 0.826. The van der Waals surface area contributed by atoms with E-state index in [1.165, 1.54) is 23.5 Å². The van der Waals surface area contributed by atoms with Gasteiger partial charge in [0.2, 0.25) is 0 Å². The Balaban J connectivity index is 1.38. The Morgan fingerprint density at radius 2 is 2.00 bits per heavy atom. The molecule has 0 saturated carbocycles. The van der Waals surface area contributed by atoms with Crippen molar-refractivity contribution < 1.29 is 13.9 Å². The molecule has 0 N–H and O–H groups in total. The topological polar surface area (TPSA) is 42.4 Å². The van der Waals surface area contributed by atoms with Crippen LogP contribution < -0.4 is 4.90 Å². The van der Waals surface area contributed by atoms with E-state index in [4.69, 9.17) is 4.74 Å². The molecule has 0 spiro atoms. The maximum atomic E-state index is 13.2. The number of carbonyl (C=O) groups is 1. The first-order valence-electron chi connectivity index (χ1n) is 7.36. The van der Waals surface area contributed by atoms with Crippen LogP contribution in [0.2, 0.25) is 0 Å². The molecule has 4 rings (SSSR count). The zero-order valence-electron chi connectivity index (χ0n) is 12.4. The Morgan fingerprint density at radius 1 is 1.25 bits per heavy atom. The van der Waals surface area contributed by atoms with E-state index in [0.29, 0.717) is 18.7 Å². The lowest BCUT2D eigenvalue weighted by atomic mass is 10.2. The fraction of sp³-hybridized carbons (Fsp3) is 0.176. The van der Waals surface area contributed by atoms with Gasteiger partial charge >= 0.3 is 5.97 Å². The van der Waals surface area contributed by atoms with Crippen LogP contribution in [-0.2, 0) is 4.74 Å². The molecule has 1 saturated heterocycles. The molecule has 2 aromatic carbocycles. The van der Waals surface area contributed by atoms with Gasteiger partial charge < -0.3 is 9.64 Å². The molecular formula is C17H12BrFN2O2S. The van der Waals surface area contributed by atoms with E-state index in [0.717, 1.165) is 19.8 Å². The van der Waals surface area contributed by atoms with Crippen LogP contribution in [0.5, 0.6) is 0 Å². The van der Waals surface area contributed by atoms with Crippen LogP contribution in [0.25, 0.3) is 10.2 Å². The van der Waals surface area contributed by atoms with Crippen molar-refractivity contribution >= 4 is 48.6 Å². The van der Waals surface area contributed by atoms with Crippen molar-refractivity contribution in [2.75, 3.05) is 18.0 Å². The van der Waals surface area contributed by atoms with Gasteiger partial charge in [-0.15, -0.1) is 0 Å². The molecule has 0 bridgehead atoms. The van der Waals surface area contributed by atoms with Gasteiger partial charge in [0.25, 0.3) is 0 Å². The number of aromatic nitrogens is 1. The third kappa shape index (κ3) is 3.01. The van der Waals surface area contributed by atoms with E-state index < -0.39 is 0 Å². The quantitative estimate of drug-likeness (QED) is 0.609. The smallest absolute Gasteiger partial charge is 0.338 e. The Bertz CT molecular complexity index is 907. The standard InChI is InChI=1S/C17H12BrFN2O2S/c18-11-3-1-10(2-4-11)16(22)23-13-8-21(9-13)17-20-14-6-5-12(19)7-15(14)24-17/h1-7,13H,8-9H2. The molecule has 7 heteroatoms. The van der Waals surface area contributed by atoms with Crippen LogP contribution >= 0.6 is 27.3 Å². The van der Waals surface area contributed by atoms with Gasteiger partial charge in [-0.3, -0.25) is 0 Å².